The molecular weight excluding hydrogens is 1080 g/mol. The number of phosphoric ester groups is 2. The van der Waals surface area contributed by atoms with E-state index in [-0.39, 0.29) is 25.7 Å². The fraction of sp³-hybridized carbons (Fsp3) is 0.923. The topological polar surface area (TPSA) is 393 Å². The zero-order chi connectivity index (χ0) is 59.0. The van der Waals surface area contributed by atoms with E-state index >= 15 is 0 Å². The van der Waals surface area contributed by atoms with Gasteiger partial charge in [-0.2, -0.15) is 0 Å². The minimum atomic E-state index is -5.59. The molecule has 0 radical (unpaired) electrons. The van der Waals surface area contributed by atoms with Crippen LogP contribution in [-0.2, 0) is 61.0 Å². The normalized spacial score (nSPS) is 25.2. The van der Waals surface area contributed by atoms with Crippen LogP contribution in [-0.4, -0.2) is 173 Å². The van der Waals surface area contributed by atoms with Crippen LogP contribution in [0.25, 0.3) is 0 Å². The summed E-state index contributed by atoms with van der Waals surface area (Å²) in [5, 5.41) is 70.7. The van der Waals surface area contributed by atoms with Crippen molar-refractivity contribution in [3.05, 3.63) is 0 Å². The molecule has 12 N–H and O–H groups in total. The highest BCUT2D eigenvalue weighted by Gasteiger charge is 2.54. The lowest BCUT2D eigenvalue weighted by molar-refractivity contribution is -0.296. The highest BCUT2D eigenvalue weighted by Crippen LogP contribution is 2.44. The van der Waals surface area contributed by atoms with Crippen LogP contribution in [0.2, 0.25) is 0 Å². The molecule has 25 nitrogen and oxygen atoms in total. The lowest BCUT2D eigenvalue weighted by Crippen LogP contribution is -2.68. The SMILES string of the molecule is CCCCCCC[C@@H](O)CC(=O)N[C@H]1[C@@H](OP(=O)(O)O)O[C@H](CO[13C@@H]2O[C@H](CO)[C@@H](OP(=O)(O)O)[C@H](OC(=O)C[C@H](O)CCCCCCC)[C@H]2NC(=O)C[C@H](O)CCCCCCC)[C@@H](O)[C@@H]1OC(=O)C[C@H](O)CCCCCCC. The fourth-order valence-corrected chi connectivity index (χ4v) is 10.6. The van der Waals surface area contributed by atoms with Crippen molar-refractivity contribution < 1.29 is 111 Å². The van der Waals surface area contributed by atoms with Gasteiger partial charge in [-0.1, -0.05) is 156 Å². The van der Waals surface area contributed by atoms with Gasteiger partial charge in [-0.05, 0) is 25.7 Å². The maximum Gasteiger partial charge on any atom is 0.472 e. The first-order valence-corrected chi connectivity index (χ1v) is 31.9. The lowest BCUT2D eigenvalue weighted by Gasteiger charge is -2.47. The number of aliphatic hydroxyl groups is 6. The molecule has 79 heavy (non-hydrogen) atoms. The van der Waals surface area contributed by atoms with Gasteiger partial charge in [0.15, 0.2) is 24.8 Å². The minimum Gasteiger partial charge on any atom is -0.457 e. The highest BCUT2D eigenvalue weighted by atomic mass is 31.2. The molecule has 2 heterocycles. The molecule has 2 fully saturated rings. The minimum absolute atomic E-state index is 0.189. The second-order valence-electron chi connectivity index (χ2n) is 21.1. The second-order valence-corrected chi connectivity index (χ2v) is 23.5. The van der Waals surface area contributed by atoms with E-state index in [1.165, 1.54) is 0 Å². The van der Waals surface area contributed by atoms with Crippen molar-refractivity contribution in [3.63, 3.8) is 0 Å². The van der Waals surface area contributed by atoms with Gasteiger partial charge in [0, 0.05) is 0 Å². The van der Waals surface area contributed by atoms with Crippen LogP contribution in [0.1, 0.15) is 207 Å². The quantitative estimate of drug-likeness (QED) is 0.0171. The van der Waals surface area contributed by atoms with Gasteiger partial charge in [0.05, 0.1) is 63.3 Å². The Morgan fingerprint density at radius 1 is 0.481 bits per heavy atom. The van der Waals surface area contributed by atoms with Crippen molar-refractivity contribution in [2.24, 2.45) is 0 Å². The van der Waals surface area contributed by atoms with Crippen LogP contribution in [0.15, 0.2) is 0 Å². The lowest BCUT2D eigenvalue weighted by atomic mass is 9.96. The predicted molar refractivity (Wildman–Crippen MR) is 286 cm³/mol. The molecule has 2 rings (SSSR count). The molecular formula is C52H98N2O23P2. The Balaban J connectivity index is 2.62. The van der Waals surface area contributed by atoms with Gasteiger partial charge in [-0.15, -0.1) is 0 Å². The molecule has 2 saturated heterocycles. The Bertz CT molecular complexity index is 1790. The number of phosphoric acid groups is 2. The number of aliphatic hydroxyl groups excluding tert-OH is 6. The standard InChI is InChI=1S/C52H98N2O23P2/c1-5-9-13-17-21-25-35(56)29-41(60)53-45-49(74-43(62)31-37(58)27-23-19-15-11-7-3)47(64)40(73-52(45)77-79(68,69)70)34-71-51-46(54-42(61)30-36(57)26-22-18-14-10-6-2)50(48(39(33-55)72-51)76-78(65,66)67)75-44(63)32-38(59)28-24-20-16-12-8-4/h35-40,45-52,55-59,64H,5-34H2,1-4H3,(H,53,60)(H,54,61)(H2,65,66,67)(H2,68,69,70)/t35-,36-,37-,38-,39-,40-,45-,46-,47-,48-,49-,50-,51-,52-/m1/s1/i51+1. The molecule has 0 saturated carbocycles. The van der Waals surface area contributed by atoms with E-state index in [1.54, 1.807) is 0 Å². The van der Waals surface area contributed by atoms with Crippen LogP contribution < -0.4 is 10.6 Å². The molecule has 464 valence electrons. The molecule has 0 unspecified atom stereocenters. The third kappa shape index (κ3) is 31.3. The third-order valence-corrected chi connectivity index (χ3v) is 14.8. The summed E-state index contributed by atoms with van der Waals surface area (Å²) in [4.78, 5) is 94.8. The number of carbonyl (C=O) groups excluding carboxylic acids is 4. The predicted octanol–water partition coefficient (Wildman–Crippen LogP) is 4.63. The van der Waals surface area contributed by atoms with Crippen molar-refractivity contribution >= 4 is 39.4 Å². The molecule has 0 spiro atoms. The maximum absolute atomic E-state index is 13.8. The number of esters is 2. The van der Waals surface area contributed by atoms with Gasteiger partial charge in [0.1, 0.15) is 36.5 Å². The van der Waals surface area contributed by atoms with Crippen LogP contribution in [0.4, 0.5) is 0 Å². The molecule has 0 aromatic rings. The molecule has 0 aromatic heterocycles. The Labute approximate surface area is 466 Å². The number of hydrogen-bond acceptors (Lipinski definition) is 19. The molecule has 2 amide bonds. The molecule has 14 atom stereocenters. The summed E-state index contributed by atoms with van der Waals surface area (Å²) in [6, 6.07) is -3.74. The summed E-state index contributed by atoms with van der Waals surface area (Å²) in [7, 11) is -11.1. The van der Waals surface area contributed by atoms with Crippen LogP contribution in [0, 0.1) is 0 Å². The van der Waals surface area contributed by atoms with E-state index in [1.807, 2.05) is 27.7 Å². The van der Waals surface area contributed by atoms with Crippen LogP contribution >= 0.6 is 15.6 Å². The summed E-state index contributed by atoms with van der Waals surface area (Å²) >= 11 is 0. The number of unbranched alkanes of at least 4 members (excludes halogenated alkanes) is 16. The van der Waals surface area contributed by atoms with Gasteiger partial charge in [0.2, 0.25) is 11.8 Å². The first-order chi connectivity index (χ1) is 37.4. The monoisotopic (exact) mass is 1180 g/mol. The largest absolute Gasteiger partial charge is 0.472 e. The summed E-state index contributed by atoms with van der Waals surface area (Å²) in [6.07, 6.45) is -5.50. The van der Waals surface area contributed by atoms with E-state index in [9.17, 15) is 78.5 Å². The summed E-state index contributed by atoms with van der Waals surface area (Å²) in [5.74, 6) is -4.06. The molecule has 0 aromatic carbocycles. The van der Waals surface area contributed by atoms with E-state index < -0.39 is 164 Å². The number of hydrogen-bond donors (Lipinski definition) is 12. The summed E-state index contributed by atoms with van der Waals surface area (Å²) in [6.45, 7) is 6.10. The van der Waals surface area contributed by atoms with Gasteiger partial charge in [0.25, 0.3) is 0 Å². The van der Waals surface area contributed by atoms with Gasteiger partial charge >= 0.3 is 27.6 Å². The zero-order valence-electron chi connectivity index (χ0n) is 47.0. The maximum atomic E-state index is 13.8. The van der Waals surface area contributed by atoms with Crippen molar-refractivity contribution in [1.29, 1.82) is 0 Å². The number of ether oxygens (including phenoxy) is 5. The van der Waals surface area contributed by atoms with Crippen molar-refractivity contribution in [3.8, 4) is 0 Å². The third-order valence-electron chi connectivity index (χ3n) is 13.8. The zero-order valence-corrected chi connectivity index (χ0v) is 48.8. The Morgan fingerprint density at radius 2 is 0.835 bits per heavy atom. The van der Waals surface area contributed by atoms with E-state index in [2.05, 4.69) is 10.6 Å². The number of amides is 2. The van der Waals surface area contributed by atoms with E-state index in [0.717, 1.165) is 103 Å². The van der Waals surface area contributed by atoms with Gasteiger partial charge < -0.3 is 84.5 Å². The molecule has 0 bridgehead atoms. The van der Waals surface area contributed by atoms with Crippen molar-refractivity contribution in [2.45, 2.75) is 293 Å². The molecule has 27 heteroatoms. The average Bonchev–Trinajstić information content (AvgIpc) is 3.38. The first-order valence-electron chi connectivity index (χ1n) is 28.8. The summed E-state index contributed by atoms with van der Waals surface area (Å²) in [5.41, 5.74) is 0. The molecule has 2 aliphatic rings. The molecule has 2 aliphatic heterocycles. The van der Waals surface area contributed by atoms with Gasteiger partial charge in [-0.3, -0.25) is 28.2 Å². The van der Waals surface area contributed by atoms with Crippen molar-refractivity contribution in [2.75, 3.05) is 13.2 Å². The Kier molecular flexibility index (Phi) is 37.0. The van der Waals surface area contributed by atoms with Gasteiger partial charge in [-0.25, -0.2) is 9.13 Å². The Hall–Kier alpha value is -2.26. The fourth-order valence-electron chi connectivity index (χ4n) is 9.58. The van der Waals surface area contributed by atoms with E-state index in [4.69, 9.17) is 32.7 Å². The first kappa shape index (κ1) is 72.8. The summed E-state index contributed by atoms with van der Waals surface area (Å²) < 4.78 is 64.3. The van der Waals surface area contributed by atoms with E-state index in [0.29, 0.717) is 25.7 Å². The Morgan fingerprint density at radius 3 is 1.22 bits per heavy atom. The number of carbonyl (C=O) groups is 4. The second kappa shape index (κ2) is 40.1. The number of rotatable bonds is 44. The highest BCUT2D eigenvalue weighted by molar-refractivity contribution is 7.46. The van der Waals surface area contributed by atoms with Crippen molar-refractivity contribution in [1.82, 2.24) is 10.6 Å². The van der Waals surface area contributed by atoms with Crippen LogP contribution in [0.5, 0.6) is 0 Å². The average molecular weight is 1180 g/mol. The number of nitrogens with one attached hydrogen (secondary N) is 2. The van der Waals surface area contributed by atoms with Crippen LogP contribution in [0.3, 0.4) is 0 Å². The smallest absolute Gasteiger partial charge is 0.457 e. The molecule has 0 aliphatic carbocycles.